The molecule has 0 aliphatic rings. The summed E-state index contributed by atoms with van der Waals surface area (Å²) in [7, 11) is 0. The van der Waals surface area contributed by atoms with Crippen LogP contribution in [0.5, 0.6) is 0 Å². The van der Waals surface area contributed by atoms with Gasteiger partial charge in [-0.05, 0) is 43.7 Å². The number of halogens is 1. The van der Waals surface area contributed by atoms with Gasteiger partial charge in [0.25, 0.3) is 5.91 Å². The highest BCUT2D eigenvalue weighted by molar-refractivity contribution is 7.13. The first kappa shape index (κ1) is 21.0. The quantitative estimate of drug-likeness (QED) is 0.530. The molecule has 2 aromatic heterocycles. The topological polar surface area (TPSA) is 97.1 Å². The van der Waals surface area contributed by atoms with E-state index in [0.29, 0.717) is 36.4 Å². The molecule has 0 unspecified atom stereocenters. The van der Waals surface area contributed by atoms with Gasteiger partial charge in [0, 0.05) is 36.0 Å². The molecule has 152 valence electrons. The molecule has 3 rings (SSSR count). The van der Waals surface area contributed by atoms with Crippen LogP contribution < -0.4 is 10.6 Å². The third kappa shape index (κ3) is 6.69. The Kier molecular flexibility index (Phi) is 7.37. The minimum atomic E-state index is -0.333. The Bertz CT molecular complexity index is 958. The van der Waals surface area contributed by atoms with E-state index >= 15 is 0 Å². The summed E-state index contributed by atoms with van der Waals surface area (Å²) in [6.45, 7) is 1.94. The fourth-order valence-electron chi connectivity index (χ4n) is 2.73. The normalized spacial score (nSPS) is 11.8. The third-order valence-electron chi connectivity index (χ3n) is 4.03. The number of aryl methyl sites for hydroxylation is 1. The van der Waals surface area contributed by atoms with Crippen molar-refractivity contribution < 1.29 is 14.0 Å². The van der Waals surface area contributed by atoms with Crippen molar-refractivity contribution in [1.29, 1.82) is 0 Å². The first-order valence-corrected chi connectivity index (χ1v) is 10.4. The lowest BCUT2D eigenvalue weighted by atomic mass is 10.1. The summed E-state index contributed by atoms with van der Waals surface area (Å²) in [6, 6.07) is 10.6. The van der Waals surface area contributed by atoms with Gasteiger partial charge in [0.05, 0.1) is 6.26 Å². The van der Waals surface area contributed by atoms with Crippen LogP contribution in [0, 0.1) is 0 Å². The third-order valence-corrected chi connectivity index (χ3v) is 5.25. The van der Waals surface area contributed by atoms with Gasteiger partial charge >= 0.3 is 0 Å². The number of anilines is 1. The second-order valence-corrected chi connectivity index (χ2v) is 8.07. The summed E-state index contributed by atoms with van der Waals surface area (Å²) in [4.78, 5) is 24.3. The van der Waals surface area contributed by atoms with Gasteiger partial charge in [-0.1, -0.05) is 29.0 Å². The molecule has 2 amide bonds. The molecule has 3 aromatic rings. The number of carbonyl (C=O) groups is 2. The molecule has 0 spiro atoms. The highest BCUT2D eigenvalue weighted by Crippen LogP contribution is 2.18. The number of carbonyl (C=O) groups excluding carboxylic acids is 2. The van der Waals surface area contributed by atoms with Crippen molar-refractivity contribution in [2.45, 2.75) is 38.6 Å². The van der Waals surface area contributed by atoms with E-state index in [4.69, 9.17) is 16.0 Å². The maximum Gasteiger partial charge on any atom is 0.286 e. The van der Waals surface area contributed by atoms with E-state index in [1.165, 1.54) is 11.3 Å². The number of rotatable bonds is 9. The fraction of sp³-hybridized carbons (Fsp3) is 0.300. The summed E-state index contributed by atoms with van der Waals surface area (Å²) in [5.74, 6) is 0.489. The van der Waals surface area contributed by atoms with Crippen molar-refractivity contribution in [3.05, 3.63) is 63.5 Å². The molecule has 0 bridgehead atoms. The van der Waals surface area contributed by atoms with Crippen LogP contribution >= 0.6 is 22.9 Å². The molecule has 2 N–H and O–H groups in total. The van der Waals surface area contributed by atoms with Crippen molar-refractivity contribution in [1.82, 2.24) is 15.5 Å². The van der Waals surface area contributed by atoms with Gasteiger partial charge in [0.15, 0.2) is 0 Å². The number of nitrogens with zero attached hydrogens (tertiary/aromatic N) is 2. The number of amides is 2. The van der Waals surface area contributed by atoms with Crippen LogP contribution in [0.15, 0.2) is 47.1 Å². The molecule has 0 saturated carbocycles. The second-order valence-electron chi connectivity index (χ2n) is 6.57. The van der Waals surface area contributed by atoms with Crippen LogP contribution in [0.1, 0.15) is 40.3 Å². The van der Waals surface area contributed by atoms with Gasteiger partial charge in [0.1, 0.15) is 10.8 Å². The Balaban J connectivity index is 1.40. The fourth-order valence-corrected chi connectivity index (χ4v) is 3.69. The molecule has 0 radical (unpaired) electrons. The first-order chi connectivity index (χ1) is 14.0. The summed E-state index contributed by atoms with van der Waals surface area (Å²) in [6.07, 6.45) is 3.87. The molecule has 0 aliphatic heterocycles. The smallest absolute Gasteiger partial charge is 0.286 e. The van der Waals surface area contributed by atoms with Crippen LogP contribution in [0.2, 0.25) is 5.02 Å². The standard InChI is InChI=1S/C20H21ClN4O3S/c1-13(11-16-7-4-10-28-16)22-17(26)8-3-9-18-24-25-20(29-18)19(27)23-15-6-2-5-14(21)12-15/h2,4-7,10,12-13H,3,8-9,11H2,1H3,(H,22,26)(H,23,27)/t13-/m0/s1. The van der Waals surface area contributed by atoms with E-state index in [2.05, 4.69) is 20.8 Å². The highest BCUT2D eigenvalue weighted by atomic mass is 35.5. The van der Waals surface area contributed by atoms with Crippen LogP contribution in [0.25, 0.3) is 0 Å². The number of furan rings is 1. The van der Waals surface area contributed by atoms with Crippen molar-refractivity contribution in [2.75, 3.05) is 5.32 Å². The largest absolute Gasteiger partial charge is 0.469 e. The van der Waals surface area contributed by atoms with Gasteiger partial charge < -0.3 is 15.1 Å². The average molecular weight is 433 g/mol. The van der Waals surface area contributed by atoms with Crippen LogP contribution in [-0.4, -0.2) is 28.1 Å². The Hall–Kier alpha value is -2.71. The molecule has 9 heteroatoms. The Labute approximate surface area is 177 Å². The van der Waals surface area contributed by atoms with Crippen LogP contribution in [-0.2, 0) is 17.6 Å². The predicted molar refractivity (Wildman–Crippen MR) is 112 cm³/mol. The zero-order chi connectivity index (χ0) is 20.6. The van der Waals surface area contributed by atoms with E-state index in [-0.39, 0.29) is 22.9 Å². The Morgan fingerprint density at radius 2 is 2.10 bits per heavy atom. The Morgan fingerprint density at radius 1 is 1.24 bits per heavy atom. The molecule has 7 nitrogen and oxygen atoms in total. The number of aromatic nitrogens is 2. The van der Waals surface area contributed by atoms with E-state index in [0.717, 1.165) is 10.8 Å². The van der Waals surface area contributed by atoms with Gasteiger partial charge in [-0.3, -0.25) is 9.59 Å². The number of hydrogen-bond donors (Lipinski definition) is 2. The monoisotopic (exact) mass is 432 g/mol. The molecule has 29 heavy (non-hydrogen) atoms. The molecule has 0 fully saturated rings. The molecule has 1 aromatic carbocycles. The van der Waals surface area contributed by atoms with Gasteiger partial charge in [-0.25, -0.2) is 0 Å². The minimum Gasteiger partial charge on any atom is -0.469 e. The molecule has 1 atom stereocenters. The van der Waals surface area contributed by atoms with E-state index < -0.39 is 0 Å². The first-order valence-electron chi connectivity index (χ1n) is 9.20. The minimum absolute atomic E-state index is 0.00281. The van der Waals surface area contributed by atoms with E-state index in [1.54, 1.807) is 30.5 Å². The zero-order valence-electron chi connectivity index (χ0n) is 15.9. The lowest BCUT2D eigenvalue weighted by Crippen LogP contribution is -2.33. The molecule has 0 saturated heterocycles. The number of nitrogens with one attached hydrogen (secondary N) is 2. The molecule has 2 heterocycles. The summed E-state index contributed by atoms with van der Waals surface area (Å²) >= 11 is 7.14. The summed E-state index contributed by atoms with van der Waals surface area (Å²) in [5, 5.41) is 15.2. The van der Waals surface area contributed by atoms with Crippen molar-refractivity contribution in [2.24, 2.45) is 0 Å². The van der Waals surface area contributed by atoms with Gasteiger partial charge in [0.2, 0.25) is 10.9 Å². The van der Waals surface area contributed by atoms with E-state index in [1.807, 2.05) is 19.1 Å². The second kappa shape index (κ2) is 10.2. The van der Waals surface area contributed by atoms with Crippen LogP contribution in [0.3, 0.4) is 0 Å². The number of hydrogen-bond acceptors (Lipinski definition) is 6. The highest BCUT2D eigenvalue weighted by Gasteiger charge is 2.14. The zero-order valence-corrected chi connectivity index (χ0v) is 17.4. The van der Waals surface area contributed by atoms with Gasteiger partial charge in [-0.2, -0.15) is 0 Å². The van der Waals surface area contributed by atoms with Gasteiger partial charge in [-0.15, -0.1) is 10.2 Å². The predicted octanol–water partition coefficient (Wildman–Crippen LogP) is 4.11. The lowest BCUT2D eigenvalue weighted by Gasteiger charge is -2.12. The van der Waals surface area contributed by atoms with Crippen molar-refractivity contribution in [3.63, 3.8) is 0 Å². The van der Waals surface area contributed by atoms with Crippen molar-refractivity contribution >= 4 is 40.4 Å². The maximum absolute atomic E-state index is 12.3. The van der Waals surface area contributed by atoms with E-state index in [9.17, 15) is 9.59 Å². The molecular formula is C20H21ClN4O3S. The lowest BCUT2D eigenvalue weighted by molar-refractivity contribution is -0.121. The van der Waals surface area contributed by atoms with Crippen molar-refractivity contribution in [3.8, 4) is 0 Å². The number of benzene rings is 1. The molecule has 0 aliphatic carbocycles. The average Bonchev–Trinajstić information content (AvgIpc) is 3.33. The Morgan fingerprint density at radius 3 is 2.86 bits per heavy atom. The summed E-state index contributed by atoms with van der Waals surface area (Å²) in [5.41, 5.74) is 0.597. The maximum atomic E-state index is 12.3. The summed E-state index contributed by atoms with van der Waals surface area (Å²) < 4.78 is 5.29. The SMILES string of the molecule is C[C@@H](Cc1ccco1)NC(=O)CCCc1nnc(C(=O)Nc2cccc(Cl)c2)s1. The van der Waals surface area contributed by atoms with Crippen LogP contribution in [0.4, 0.5) is 5.69 Å². The molecular weight excluding hydrogens is 412 g/mol.